The zero-order valence-electron chi connectivity index (χ0n) is 14.9. The molecule has 0 spiro atoms. The Morgan fingerprint density at radius 1 is 1.15 bits per heavy atom. The highest BCUT2D eigenvalue weighted by atomic mass is 35.5. The van der Waals surface area contributed by atoms with Crippen molar-refractivity contribution in [1.82, 2.24) is 18.7 Å². The SMILES string of the molecule is CC(C)n1c(N/N=C\c2ccc(Cl)cc2)nc2c1c(=O)n(C)c(=O)n2C. The first-order valence-electron chi connectivity index (χ1n) is 8.04. The lowest BCUT2D eigenvalue weighted by molar-refractivity contribution is 0.615. The van der Waals surface area contributed by atoms with Crippen LogP contribution in [0.3, 0.4) is 0 Å². The number of imidazole rings is 1. The van der Waals surface area contributed by atoms with Gasteiger partial charge in [0.25, 0.3) is 5.56 Å². The molecule has 0 amide bonds. The molecular weight excluding hydrogens is 356 g/mol. The molecule has 1 aromatic carbocycles. The van der Waals surface area contributed by atoms with E-state index in [9.17, 15) is 9.59 Å². The van der Waals surface area contributed by atoms with Crippen LogP contribution in [-0.2, 0) is 14.1 Å². The number of hydrogen-bond acceptors (Lipinski definition) is 5. The molecule has 0 unspecified atom stereocenters. The second kappa shape index (κ2) is 6.80. The summed E-state index contributed by atoms with van der Waals surface area (Å²) in [5.41, 5.74) is 3.58. The highest BCUT2D eigenvalue weighted by Crippen LogP contribution is 2.21. The van der Waals surface area contributed by atoms with E-state index in [1.165, 1.54) is 11.6 Å². The molecule has 0 bridgehead atoms. The van der Waals surface area contributed by atoms with Gasteiger partial charge in [-0.15, -0.1) is 0 Å². The number of nitrogens with one attached hydrogen (secondary N) is 1. The quantitative estimate of drug-likeness (QED) is 0.559. The smallest absolute Gasteiger partial charge is 0.300 e. The van der Waals surface area contributed by atoms with Crippen LogP contribution in [0, 0.1) is 0 Å². The minimum atomic E-state index is -0.424. The highest BCUT2D eigenvalue weighted by Gasteiger charge is 2.20. The van der Waals surface area contributed by atoms with Gasteiger partial charge in [0.15, 0.2) is 11.2 Å². The number of rotatable bonds is 4. The molecule has 8 nitrogen and oxygen atoms in total. The maximum absolute atomic E-state index is 12.6. The summed E-state index contributed by atoms with van der Waals surface area (Å²) in [6, 6.07) is 7.15. The van der Waals surface area contributed by atoms with Gasteiger partial charge in [-0.1, -0.05) is 23.7 Å². The van der Waals surface area contributed by atoms with E-state index in [-0.39, 0.29) is 11.6 Å². The Morgan fingerprint density at radius 2 is 1.81 bits per heavy atom. The van der Waals surface area contributed by atoms with Crippen LogP contribution in [0.4, 0.5) is 5.95 Å². The summed E-state index contributed by atoms with van der Waals surface area (Å²) in [4.78, 5) is 29.1. The van der Waals surface area contributed by atoms with E-state index < -0.39 is 5.69 Å². The number of anilines is 1. The number of halogens is 1. The fourth-order valence-corrected chi connectivity index (χ4v) is 2.84. The molecule has 1 N–H and O–H groups in total. The van der Waals surface area contributed by atoms with Crippen molar-refractivity contribution in [1.29, 1.82) is 0 Å². The van der Waals surface area contributed by atoms with Crippen molar-refractivity contribution in [3.63, 3.8) is 0 Å². The Kier molecular flexibility index (Phi) is 4.69. The third-order valence-corrected chi connectivity index (χ3v) is 4.31. The summed E-state index contributed by atoms with van der Waals surface area (Å²) in [5.74, 6) is 0.388. The Hall–Kier alpha value is -2.87. The van der Waals surface area contributed by atoms with Crippen LogP contribution in [0.5, 0.6) is 0 Å². The van der Waals surface area contributed by atoms with Crippen molar-refractivity contribution in [2.75, 3.05) is 5.43 Å². The van der Waals surface area contributed by atoms with Crippen LogP contribution in [0.2, 0.25) is 5.02 Å². The van der Waals surface area contributed by atoms with Gasteiger partial charge in [-0.3, -0.25) is 13.9 Å². The van der Waals surface area contributed by atoms with E-state index in [0.717, 1.165) is 10.1 Å². The van der Waals surface area contributed by atoms with E-state index in [1.54, 1.807) is 30.0 Å². The lowest BCUT2D eigenvalue weighted by atomic mass is 10.2. The number of hydrogen-bond donors (Lipinski definition) is 1. The normalized spacial score (nSPS) is 11.8. The molecule has 3 rings (SSSR count). The molecule has 26 heavy (non-hydrogen) atoms. The minimum absolute atomic E-state index is 0.0570. The molecule has 0 fully saturated rings. The Labute approximate surface area is 154 Å². The van der Waals surface area contributed by atoms with Gasteiger partial charge >= 0.3 is 5.69 Å². The van der Waals surface area contributed by atoms with Gasteiger partial charge in [0, 0.05) is 25.2 Å². The summed E-state index contributed by atoms with van der Waals surface area (Å²) in [5, 5.41) is 4.83. The molecule has 0 aliphatic carbocycles. The highest BCUT2D eigenvalue weighted by molar-refractivity contribution is 6.30. The molecule has 2 aromatic heterocycles. The Bertz CT molecular complexity index is 1110. The van der Waals surface area contributed by atoms with Crippen molar-refractivity contribution in [3.05, 3.63) is 55.7 Å². The van der Waals surface area contributed by atoms with Gasteiger partial charge in [-0.25, -0.2) is 10.2 Å². The summed E-state index contributed by atoms with van der Waals surface area (Å²) < 4.78 is 4.16. The van der Waals surface area contributed by atoms with Crippen LogP contribution >= 0.6 is 11.6 Å². The number of aryl methyl sites for hydroxylation is 1. The van der Waals surface area contributed by atoms with Gasteiger partial charge in [0.2, 0.25) is 5.95 Å². The number of fused-ring (bicyclic) bond motifs is 1. The molecule has 0 aliphatic rings. The Balaban J connectivity index is 2.08. The molecule has 3 aromatic rings. The topological polar surface area (TPSA) is 86.2 Å². The van der Waals surface area contributed by atoms with Crippen LogP contribution in [0.15, 0.2) is 39.0 Å². The summed E-state index contributed by atoms with van der Waals surface area (Å²) in [6.07, 6.45) is 1.62. The fraction of sp³-hybridized carbons (Fsp3) is 0.294. The van der Waals surface area contributed by atoms with Crippen molar-refractivity contribution in [3.8, 4) is 0 Å². The first-order valence-corrected chi connectivity index (χ1v) is 8.41. The van der Waals surface area contributed by atoms with Crippen LogP contribution in [-0.4, -0.2) is 24.9 Å². The monoisotopic (exact) mass is 374 g/mol. The molecule has 0 radical (unpaired) electrons. The van der Waals surface area contributed by atoms with E-state index in [0.29, 0.717) is 22.1 Å². The third kappa shape index (κ3) is 3.03. The van der Waals surface area contributed by atoms with Gasteiger partial charge < -0.3 is 4.57 Å². The minimum Gasteiger partial charge on any atom is -0.300 e. The first kappa shape index (κ1) is 17.9. The average Bonchev–Trinajstić information content (AvgIpc) is 3.00. The standard InChI is InChI=1S/C17H19ClN6O2/c1-10(2)24-13-14(22(3)17(26)23(4)15(13)25)20-16(24)21-19-9-11-5-7-12(18)8-6-11/h5-10H,1-4H3,(H,20,21)/b19-9-. The van der Waals surface area contributed by atoms with Gasteiger partial charge in [0.1, 0.15) is 0 Å². The van der Waals surface area contributed by atoms with Crippen molar-refractivity contribution in [2.45, 2.75) is 19.9 Å². The molecule has 2 heterocycles. The van der Waals surface area contributed by atoms with E-state index in [4.69, 9.17) is 11.6 Å². The summed E-state index contributed by atoms with van der Waals surface area (Å²) in [6.45, 7) is 3.86. The number of benzene rings is 1. The second-order valence-electron chi connectivity index (χ2n) is 6.20. The third-order valence-electron chi connectivity index (χ3n) is 4.06. The first-order chi connectivity index (χ1) is 12.3. The van der Waals surface area contributed by atoms with Crippen LogP contribution in [0.1, 0.15) is 25.5 Å². The van der Waals surface area contributed by atoms with Gasteiger partial charge in [0.05, 0.1) is 6.21 Å². The lowest BCUT2D eigenvalue weighted by Gasteiger charge is -2.12. The zero-order chi connectivity index (χ0) is 19.0. The number of nitrogens with zero attached hydrogens (tertiary/aromatic N) is 5. The molecule has 0 saturated carbocycles. The average molecular weight is 375 g/mol. The zero-order valence-corrected chi connectivity index (χ0v) is 15.7. The van der Waals surface area contributed by atoms with E-state index in [2.05, 4.69) is 15.5 Å². The maximum Gasteiger partial charge on any atom is 0.332 e. The number of aromatic nitrogens is 4. The van der Waals surface area contributed by atoms with Gasteiger partial charge in [-0.2, -0.15) is 10.1 Å². The number of hydrazone groups is 1. The molecule has 0 aliphatic heterocycles. The predicted octanol–water partition coefficient (Wildman–Crippen LogP) is 2.11. The predicted molar refractivity (Wildman–Crippen MR) is 103 cm³/mol. The van der Waals surface area contributed by atoms with Gasteiger partial charge in [-0.05, 0) is 31.5 Å². The molecule has 0 saturated heterocycles. The van der Waals surface area contributed by atoms with Crippen molar-refractivity contribution in [2.24, 2.45) is 19.2 Å². The summed E-state index contributed by atoms with van der Waals surface area (Å²) >= 11 is 5.86. The van der Waals surface area contributed by atoms with E-state index in [1.807, 2.05) is 26.0 Å². The van der Waals surface area contributed by atoms with E-state index >= 15 is 0 Å². The second-order valence-corrected chi connectivity index (χ2v) is 6.64. The van der Waals surface area contributed by atoms with Crippen LogP contribution in [0.25, 0.3) is 11.2 Å². The Morgan fingerprint density at radius 3 is 2.42 bits per heavy atom. The van der Waals surface area contributed by atoms with Crippen molar-refractivity contribution >= 4 is 34.9 Å². The summed E-state index contributed by atoms with van der Waals surface area (Å²) in [7, 11) is 3.04. The molecule has 0 atom stereocenters. The van der Waals surface area contributed by atoms with Crippen molar-refractivity contribution < 1.29 is 0 Å². The molecular formula is C17H19ClN6O2. The molecule has 9 heteroatoms. The van der Waals surface area contributed by atoms with Crippen LogP contribution < -0.4 is 16.7 Å². The largest absolute Gasteiger partial charge is 0.332 e. The molecule has 136 valence electrons. The maximum atomic E-state index is 12.6. The fourth-order valence-electron chi connectivity index (χ4n) is 2.71. The lowest BCUT2D eigenvalue weighted by Crippen LogP contribution is -2.37.